The number of fused-ring (bicyclic) bond motifs is 2. The maximum Gasteiger partial charge on any atom is 0.258 e. The molecular formula is C17H15NO3. The Bertz CT molecular complexity index is 940. The third-order valence-corrected chi connectivity index (χ3v) is 4.27. The molecule has 1 aromatic heterocycles. The molecule has 4 heteroatoms. The van der Waals surface area contributed by atoms with Crippen LogP contribution in [0.1, 0.15) is 5.56 Å². The van der Waals surface area contributed by atoms with Gasteiger partial charge in [-0.1, -0.05) is 18.2 Å². The lowest BCUT2D eigenvalue weighted by molar-refractivity contribution is 0.358. The van der Waals surface area contributed by atoms with Crippen LogP contribution in [0.5, 0.6) is 11.5 Å². The highest BCUT2D eigenvalue weighted by atomic mass is 16.5. The lowest BCUT2D eigenvalue weighted by atomic mass is 10.0. The van der Waals surface area contributed by atoms with Gasteiger partial charge in [0.15, 0.2) is 11.5 Å². The Balaban J connectivity index is 2.37. The van der Waals surface area contributed by atoms with Crippen molar-refractivity contribution < 1.29 is 9.47 Å². The Kier molecular flexibility index (Phi) is 2.48. The first-order valence-corrected chi connectivity index (χ1v) is 6.95. The number of hydrogen-bond donors (Lipinski definition) is 0. The van der Waals surface area contributed by atoms with Gasteiger partial charge in [-0.2, -0.15) is 0 Å². The first kappa shape index (κ1) is 12.3. The number of rotatable bonds is 2. The van der Waals surface area contributed by atoms with E-state index in [0.29, 0.717) is 12.3 Å². The number of aryl methyl sites for hydroxylation is 2. The highest BCUT2D eigenvalue weighted by Crippen LogP contribution is 2.42. The smallest absolute Gasteiger partial charge is 0.258 e. The highest BCUT2D eigenvalue weighted by molar-refractivity contribution is 6.11. The van der Waals surface area contributed by atoms with Gasteiger partial charge in [0.2, 0.25) is 0 Å². The Morgan fingerprint density at radius 1 is 1.10 bits per heavy atom. The molecule has 2 heterocycles. The second-order valence-corrected chi connectivity index (χ2v) is 5.25. The zero-order chi connectivity index (χ0) is 14.6. The van der Waals surface area contributed by atoms with Crippen LogP contribution < -0.4 is 15.0 Å². The standard InChI is InChI=1S/C17H15NO3/c1-20-13-9-10-7-8-18-15(10)14(16(13)21-2)11-5-3-4-6-12(11)17(18)19/h3-6,9H,7-8H2,1-2H3. The molecule has 4 nitrogen and oxygen atoms in total. The molecule has 0 amide bonds. The number of methoxy groups -OCH3 is 2. The Morgan fingerprint density at radius 2 is 1.86 bits per heavy atom. The van der Waals surface area contributed by atoms with Gasteiger partial charge in [0.1, 0.15) is 0 Å². The van der Waals surface area contributed by atoms with Crippen LogP contribution in [0.4, 0.5) is 0 Å². The molecule has 0 radical (unpaired) electrons. The summed E-state index contributed by atoms with van der Waals surface area (Å²) in [5, 5.41) is 2.62. The lowest BCUT2D eigenvalue weighted by Crippen LogP contribution is -2.18. The summed E-state index contributed by atoms with van der Waals surface area (Å²) in [4.78, 5) is 12.7. The average Bonchev–Trinajstić information content (AvgIpc) is 2.95. The van der Waals surface area contributed by atoms with Crippen molar-refractivity contribution in [3.05, 3.63) is 46.2 Å². The van der Waals surface area contributed by atoms with Crippen LogP contribution in [-0.4, -0.2) is 18.8 Å². The number of ether oxygens (including phenoxy) is 2. The van der Waals surface area contributed by atoms with E-state index < -0.39 is 0 Å². The molecule has 3 aromatic rings. The molecule has 0 N–H and O–H groups in total. The third kappa shape index (κ3) is 1.47. The highest BCUT2D eigenvalue weighted by Gasteiger charge is 2.24. The molecule has 0 saturated heterocycles. The summed E-state index contributed by atoms with van der Waals surface area (Å²) < 4.78 is 12.9. The second kappa shape index (κ2) is 4.25. The predicted molar refractivity (Wildman–Crippen MR) is 82.5 cm³/mol. The Labute approximate surface area is 121 Å². The van der Waals surface area contributed by atoms with Gasteiger partial charge in [0, 0.05) is 17.3 Å². The molecule has 21 heavy (non-hydrogen) atoms. The average molecular weight is 281 g/mol. The van der Waals surface area contributed by atoms with E-state index in [2.05, 4.69) is 0 Å². The molecule has 4 rings (SSSR count). The number of benzene rings is 2. The summed E-state index contributed by atoms with van der Waals surface area (Å²) in [6.45, 7) is 0.714. The monoisotopic (exact) mass is 281 g/mol. The molecule has 0 fully saturated rings. The first-order valence-electron chi connectivity index (χ1n) is 6.95. The zero-order valence-corrected chi connectivity index (χ0v) is 12.0. The SMILES string of the molecule is COc1cc2c3c(c1OC)c1ccccc1c(=O)n3CC2. The largest absolute Gasteiger partial charge is 0.493 e. The molecule has 2 aromatic carbocycles. The van der Waals surface area contributed by atoms with Crippen LogP contribution in [0.25, 0.3) is 21.7 Å². The number of nitrogens with zero attached hydrogens (tertiary/aromatic N) is 1. The fourth-order valence-corrected chi connectivity index (χ4v) is 3.37. The minimum atomic E-state index is 0.0732. The fraction of sp³-hybridized carbons (Fsp3) is 0.235. The van der Waals surface area contributed by atoms with Crippen molar-refractivity contribution >= 4 is 21.7 Å². The Hall–Kier alpha value is -2.49. The van der Waals surface area contributed by atoms with Gasteiger partial charge in [-0.25, -0.2) is 0 Å². The summed E-state index contributed by atoms with van der Waals surface area (Å²) in [5.41, 5.74) is 2.20. The van der Waals surface area contributed by atoms with E-state index in [9.17, 15) is 4.79 Å². The van der Waals surface area contributed by atoms with E-state index in [0.717, 1.165) is 39.4 Å². The predicted octanol–water partition coefficient (Wildman–Crippen LogP) is 2.73. The van der Waals surface area contributed by atoms with Crippen LogP contribution in [0.3, 0.4) is 0 Å². The van der Waals surface area contributed by atoms with E-state index >= 15 is 0 Å². The van der Waals surface area contributed by atoms with E-state index in [4.69, 9.17) is 9.47 Å². The number of aromatic nitrogens is 1. The van der Waals surface area contributed by atoms with Crippen molar-refractivity contribution in [1.29, 1.82) is 0 Å². The minimum absolute atomic E-state index is 0.0732. The van der Waals surface area contributed by atoms with Crippen molar-refractivity contribution in [2.75, 3.05) is 14.2 Å². The summed E-state index contributed by atoms with van der Waals surface area (Å²) >= 11 is 0. The lowest BCUT2D eigenvalue weighted by Gasteiger charge is -2.15. The van der Waals surface area contributed by atoms with Crippen LogP contribution in [0, 0.1) is 0 Å². The van der Waals surface area contributed by atoms with Crippen LogP contribution >= 0.6 is 0 Å². The zero-order valence-electron chi connectivity index (χ0n) is 12.0. The van der Waals surface area contributed by atoms with Crippen molar-refractivity contribution in [2.24, 2.45) is 0 Å². The number of hydrogen-bond acceptors (Lipinski definition) is 3. The molecule has 0 atom stereocenters. The molecular weight excluding hydrogens is 266 g/mol. The quantitative estimate of drug-likeness (QED) is 0.678. The van der Waals surface area contributed by atoms with E-state index in [-0.39, 0.29) is 5.56 Å². The van der Waals surface area contributed by atoms with Gasteiger partial charge in [-0.05, 0) is 24.1 Å². The van der Waals surface area contributed by atoms with Crippen molar-refractivity contribution in [1.82, 2.24) is 4.57 Å². The van der Waals surface area contributed by atoms with Crippen molar-refractivity contribution in [3.8, 4) is 11.5 Å². The summed E-state index contributed by atoms with van der Waals surface area (Å²) in [7, 11) is 3.28. The van der Waals surface area contributed by atoms with Gasteiger partial charge < -0.3 is 14.0 Å². The van der Waals surface area contributed by atoms with Crippen LogP contribution in [0.15, 0.2) is 35.1 Å². The van der Waals surface area contributed by atoms with Gasteiger partial charge in [-0.3, -0.25) is 4.79 Å². The molecule has 0 aliphatic carbocycles. The van der Waals surface area contributed by atoms with E-state index in [1.165, 1.54) is 0 Å². The molecule has 0 unspecified atom stereocenters. The molecule has 0 spiro atoms. The topological polar surface area (TPSA) is 40.5 Å². The molecule has 1 aliphatic rings. The third-order valence-electron chi connectivity index (χ3n) is 4.27. The van der Waals surface area contributed by atoms with E-state index in [1.807, 2.05) is 34.9 Å². The van der Waals surface area contributed by atoms with Crippen molar-refractivity contribution in [2.45, 2.75) is 13.0 Å². The molecule has 0 saturated carbocycles. The van der Waals surface area contributed by atoms with Gasteiger partial charge in [0.05, 0.1) is 25.1 Å². The van der Waals surface area contributed by atoms with E-state index in [1.54, 1.807) is 14.2 Å². The second-order valence-electron chi connectivity index (χ2n) is 5.25. The van der Waals surface area contributed by atoms with Gasteiger partial charge >= 0.3 is 0 Å². The summed E-state index contributed by atoms with van der Waals surface area (Å²) in [5.74, 6) is 1.42. The van der Waals surface area contributed by atoms with Crippen LogP contribution in [-0.2, 0) is 13.0 Å². The summed E-state index contributed by atoms with van der Waals surface area (Å²) in [6.07, 6.45) is 0.850. The molecule has 106 valence electrons. The van der Waals surface area contributed by atoms with Gasteiger partial charge in [0.25, 0.3) is 5.56 Å². The molecule has 1 aliphatic heterocycles. The summed E-state index contributed by atoms with van der Waals surface area (Å²) in [6, 6.07) is 9.67. The maximum absolute atomic E-state index is 12.7. The number of pyridine rings is 1. The normalized spacial score (nSPS) is 13.0. The minimum Gasteiger partial charge on any atom is -0.493 e. The molecule has 0 bridgehead atoms. The van der Waals surface area contributed by atoms with Crippen molar-refractivity contribution in [3.63, 3.8) is 0 Å². The Morgan fingerprint density at radius 3 is 2.57 bits per heavy atom. The van der Waals surface area contributed by atoms with Gasteiger partial charge in [-0.15, -0.1) is 0 Å². The van der Waals surface area contributed by atoms with Crippen LogP contribution in [0.2, 0.25) is 0 Å². The maximum atomic E-state index is 12.7. The first-order chi connectivity index (χ1) is 10.3. The fourth-order valence-electron chi connectivity index (χ4n) is 3.37.